The minimum Gasteiger partial charge on any atom is -0.359 e. The molecule has 0 bridgehead atoms. The molecule has 1 atom stereocenters. The van der Waals surface area contributed by atoms with Gasteiger partial charge in [-0.1, -0.05) is 5.16 Å². The van der Waals surface area contributed by atoms with Gasteiger partial charge in [-0.25, -0.2) is 0 Å². The van der Waals surface area contributed by atoms with Crippen LogP contribution in [-0.4, -0.2) is 22.0 Å². The highest BCUT2D eigenvalue weighted by Crippen LogP contribution is 2.35. The summed E-state index contributed by atoms with van der Waals surface area (Å²) in [6, 6.07) is 0.302. The molecule has 90 valence electrons. The van der Waals surface area contributed by atoms with Crippen LogP contribution in [-0.2, 0) is 13.5 Å². The molecule has 0 radical (unpaired) electrons. The van der Waals surface area contributed by atoms with E-state index in [0.717, 1.165) is 29.9 Å². The Hall–Kier alpha value is -1.62. The highest BCUT2D eigenvalue weighted by molar-refractivity contribution is 5.62. The first-order valence-corrected chi connectivity index (χ1v) is 5.94. The van der Waals surface area contributed by atoms with Gasteiger partial charge in [-0.2, -0.15) is 5.10 Å². The summed E-state index contributed by atoms with van der Waals surface area (Å²) < 4.78 is 7.29. The third-order valence-corrected chi connectivity index (χ3v) is 3.38. The molecule has 0 saturated heterocycles. The summed E-state index contributed by atoms with van der Waals surface area (Å²) in [5.41, 5.74) is 3.23. The molecule has 0 aromatic carbocycles. The lowest BCUT2D eigenvalue weighted by molar-refractivity contribution is 0.324. The van der Waals surface area contributed by atoms with Crippen LogP contribution >= 0.6 is 0 Å². The molecule has 1 unspecified atom stereocenters. The van der Waals surface area contributed by atoms with Crippen molar-refractivity contribution in [1.82, 2.24) is 20.3 Å². The lowest BCUT2D eigenvalue weighted by Gasteiger charge is -2.19. The molecule has 1 N–H and O–H groups in total. The predicted molar refractivity (Wildman–Crippen MR) is 63.4 cm³/mol. The Labute approximate surface area is 99.8 Å². The molecule has 0 aliphatic heterocycles. The summed E-state index contributed by atoms with van der Waals surface area (Å²) in [6.45, 7) is 0. The van der Waals surface area contributed by atoms with Crippen LogP contribution in [0.4, 0.5) is 0 Å². The predicted octanol–water partition coefficient (Wildman–Crippen LogP) is 1.67. The fraction of sp³-hybridized carbons (Fsp3) is 0.500. The van der Waals surface area contributed by atoms with Crippen molar-refractivity contribution in [2.24, 2.45) is 7.05 Å². The Morgan fingerprint density at radius 3 is 3.12 bits per heavy atom. The van der Waals surface area contributed by atoms with Crippen LogP contribution in [0.2, 0.25) is 0 Å². The van der Waals surface area contributed by atoms with Crippen molar-refractivity contribution in [3.63, 3.8) is 0 Å². The van der Waals surface area contributed by atoms with Crippen molar-refractivity contribution in [2.45, 2.75) is 25.3 Å². The van der Waals surface area contributed by atoms with E-state index < -0.39 is 0 Å². The Morgan fingerprint density at radius 1 is 1.53 bits per heavy atom. The van der Waals surface area contributed by atoms with E-state index in [4.69, 9.17) is 4.52 Å². The molecule has 5 heteroatoms. The lowest BCUT2D eigenvalue weighted by atomic mass is 9.91. The fourth-order valence-corrected chi connectivity index (χ4v) is 2.50. The molecule has 5 nitrogen and oxygen atoms in total. The van der Waals surface area contributed by atoms with Gasteiger partial charge in [-0.15, -0.1) is 0 Å². The molecule has 0 spiro atoms. The van der Waals surface area contributed by atoms with Crippen molar-refractivity contribution in [3.8, 4) is 11.3 Å². The summed E-state index contributed by atoms with van der Waals surface area (Å²) in [7, 11) is 3.87. The number of fused-ring (bicyclic) bond motifs is 1. The van der Waals surface area contributed by atoms with E-state index in [2.05, 4.69) is 15.6 Å². The maximum atomic E-state index is 5.50. The van der Waals surface area contributed by atoms with Crippen LogP contribution in [0.1, 0.15) is 30.2 Å². The minimum atomic E-state index is 0.302. The number of hydrogen-bond donors (Lipinski definition) is 1. The van der Waals surface area contributed by atoms with Crippen LogP contribution in [0.5, 0.6) is 0 Å². The summed E-state index contributed by atoms with van der Waals surface area (Å²) in [6.07, 6.45) is 7.14. The van der Waals surface area contributed by atoms with Gasteiger partial charge < -0.3 is 9.84 Å². The van der Waals surface area contributed by atoms with Gasteiger partial charge in [-0.3, -0.25) is 4.68 Å². The summed E-state index contributed by atoms with van der Waals surface area (Å²) in [5, 5.41) is 11.7. The first kappa shape index (κ1) is 10.5. The average molecular weight is 232 g/mol. The maximum absolute atomic E-state index is 5.50. The van der Waals surface area contributed by atoms with Gasteiger partial charge in [0, 0.05) is 24.4 Å². The van der Waals surface area contributed by atoms with E-state index in [0.29, 0.717) is 6.04 Å². The van der Waals surface area contributed by atoms with Gasteiger partial charge in [0.05, 0.1) is 12.2 Å². The maximum Gasteiger partial charge on any atom is 0.157 e. The second kappa shape index (κ2) is 4.00. The van der Waals surface area contributed by atoms with Gasteiger partial charge in [0.2, 0.25) is 0 Å². The van der Waals surface area contributed by atoms with E-state index >= 15 is 0 Å². The third kappa shape index (κ3) is 1.67. The molecule has 0 amide bonds. The Kier molecular flexibility index (Phi) is 2.48. The summed E-state index contributed by atoms with van der Waals surface area (Å²) in [5.74, 6) is 0.998. The monoisotopic (exact) mass is 232 g/mol. The second-order valence-corrected chi connectivity index (χ2v) is 4.51. The van der Waals surface area contributed by atoms with Crippen molar-refractivity contribution in [3.05, 3.63) is 23.7 Å². The topological polar surface area (TPSA) is 55.9 Å². The summed E-state index contributed by atoms with van der Waals surface area (Å²) in [4.78, 5) is 0. The van der Waals surface area contributed by atoms with Gasteiger partial charge >= 0.3 is 0 Å². The molecule has 0 fully saturated rings. The van der Waals surface area contributed by atoms with Gasteiger partial charge in [0.15, 0.2) is 5.76 Å². The number of aryl methyl sites for hydroxylation is 1. The average Bonchev–Trinajstić information content (AvgIpc) is 2.94. The molecule has 1 aliphatic carbocycles. The molecule has 2 aromatic heterocycles. The second-order valence-electron chi connectivity index (χ2n) is 4.51. The van der Waals surface area contributed by atoms with Crippen LogP contribution in [0, 0.1) is 0 Å². The summed E-state index contributed by atoms with van der Waals surface area (Å²) >= 11 is 0. The molecule has 0 saturated carbocycles. The van der Waals surface area contributed by atoms with Crippen LogP contribution in [0.25, 0.3) is 11.3 Å². The minimum absolute atomic E-state index is 0.302. The van der Waals surface area contributed by atoms with E-state index in [1.54, 1.807) is 4.68 Å². The van der Waals surface area contributed by atoms with E-state index in [-0.39, 0.29) is 0 Å². The number of rotatable bonds is 2. The Balaban J connectivity index is 2.05. The smallest absolute Gasteiger partial charge is 0.157 e. The molecule has 3 rings (SSSR count). The number of aromatic nitrogens is 3. The first-order chi connectivity index (χ1) is 8.29. The van der Waals surface area contributed by atoms with Crippen molar-refractivity contribution >= 4 is 0 Å². The lowest BCUT2D eigenvalue weighted by Crippen LogP contribution is -2.20. The van der Waals surface area contributed by atoms with Crippen molar-refractivity contribution in [1.29, 1.82) is 0 Å². The van der Waals surface area contributed by atoms with Gasteiger partial charge in [0.1, 0.15) is 5.69 Å². The molecular formula is C12H16N4O. The fourth-order valence-electron chi connectivity index (χ4n) is 2.50. The highest BCUT2D eigenvalue weighted by Gasteiger charge is 2.27. The quantitative estimate of drug-likeness (QED) is 0.855. The van der Waals surface area contributed by atoms with E-state index in [1.807, 2.05) is 26.5 Å². The largest absolute Gasteiger partial charge is 0.359 e. The zero-order valence-corrected chi connectivity index (χ0v) is 10.1. The first-order valence-electron chi connectivity index (χ1n) is 5.94. The SMILES string of the molecule is CNC1CCCc2c(-c3cnn(C)c3)noc21. The number of nitrogens with zero attached hydrogens (tertiary/aromatic N) is 3. The van der Waals surface area contributed by atoms with Crippen molar-refractivity contribution < 1.29 is 4.52 Å². The van der Waals surface area contributed by atoms with Gasteiger partial charge in [-0.05, 0) is 26.3 Å². The molecule has 17 heavy (non-hydrogen) atoms. The van der Waals surface area contributed by atoms with Crippen LogP contribution < -0.4 is 5.32 Å². The molecule has 2 aromatic rings. The standard InChI is InChI=1S/C12H16N4O/c1-13-10-5-3-4-9-11(15-17-12(9)10)8-6-14-16(2)7-8/h6-7,10,13H,3-5H2,1-2H3. The van der Waals surface area contributed by atoms with E-state index in [9.17, 15) is 0 Å². The molecular weight excluding hydrogens is 216 g/mol. The number of nitrogens with one attached hydrogen (secondary N) is 1. The third-order valence-electron chi connectivity index (χ3n) is 3.38. The normalized spacial score (nSPS) is 19.3. The Morgan fingerprint density at radius 2 is 2.41 bits per heavy atom. The van der Waals surface area contributed by atoms with Gasteiger partial charge in [0.25, 0.3) is 0 Å². The highest BCUT2D eigenvalue weighted by atomic mass is 16.5. The van der Waals surface area contributed by atoms with E-state index in [1.165, 1.54) is 12.0 Å². The Bertz CT molecular complexity index is 528. The molecule has 1 aliphatic rings. The van der Waals surface area contributed by atoms with Crippen LogP contribution in [0.3, 0.4) is 0 Å². The number of hydrogen-bond acceptors (Lipinski definition) is 4. The zero-order chi connectivity index (χ0) is 11.8. The van der Waals surface area contributed by atoms with Crippen LogP contribution in [0.15, 0.2) is 16.9 Å². The van der Waals surface area contributed by atoms with Crippen molar-refractivity contribution in [2.75, 3.05) is 7.05 Å². The zero-order valence-electron chi connectivity index (χ0n) is 10.1. The molecule has 2 heterocycles.